The van der Waals surface area contributed by atoms with Crippen LogP contribution in [-0.2, 0) is 13.2 Å². The Balaban J connectivity index is 1.51. The van der Waals surface area contributed by atoms with Crippen LogP contribution in [0, 0.1) is 0 Å². The van der Waals surface area contributed by atoms with Gasteiger partial charge in [-0.1, -0.05) is 28.1 Å². The molecule has 0 unspecified atom stereocenters. The molecule has 1 N–H and O–H groups in total. The van der Waals surface area contributed by atoms with Gasteiger partial charge in [0.15, 0.2) is 0 Å². The molecule has 1 heterocycles. The summed E-state index contributed by atoms with van der Waals surface area (Å²) in [6.45, 7) is 1.30. The Labute approximate surface area is 142 Å². The second kappa shape index (κ2) is 7.42. The molecule has 112 valence electrons. The number of aromatic nitrogens is 1. The molecule has 0 saturated heterocycles. The molecular weight excluding hydrogens is 360 g/mol. The van der Waals surface area contributed by atoms with Gasteiger partial charge in [0.05, 0.1) is 11.2 Å². The molecule has 22 heavy (non-hydrogen) atoms. The summed E-state index contributed by atoms with van der Waals surface area (Å²) in [5.74, 6) is 0.861. The van der Waals surface area contributed by atoms with E-state index in [1.54, 1.807) is 11.3 Å². The average Bonchev–Trinajstić information content (AvgIpc) is 3.07. The van der Waals surface area contributed by atoms with E-state index >= 15 is 0 Å². The number of halogens is 1. The minimum atomic E-state index is 0.514. The van der Waals surface area contributed by atoms with E-state index in [-0.39, 0.29) is 0 Å². The number of nitrogens with zero attached hydrogens (tertiary/aromatic N) is 1. The molecule has 1 aromatic heterocycles. The number of anilines is 1. The number of hydrogen-bond acceptors (Lipinski definition) is 4. The maximum atomic E-state index is 5.70. The number of thiazole rings is 1. The Bertz CT molecular complexity index is 697. The van der Waals surface area contributed by atoms with Crippen LogP contribution in [0.4, 0.5) is 5.69 Å². The van der Waals surface area contributed by atoms with Crippen LogP contribution in [0.5, 0.6) is 5.75 Å². The van der Waals surface area contributed by atoms with E-state index in [1.807, 2.05) is 35.2 Å². The van der Waals surface area contributed by atoms with Crippen LogP contribution in [0.3, 0.4) is 0 Å². The summed E-state index contributed by atoms with van der Waals surface area (Å²) in [5.41, 5.74) is 5.09. The van der Waals surface area contributed by atoms with Gasteiger partial charge in [0.1, 0.15) is 12.4 Å². The van der Waals surface area contributed by atoms with Crippen LogP contribution in [0.2, 0.25) is 0 Å². The Morgan fingerprint density at radius 3 is 2.50 bits per heavy atom. The molecule has 3 nitrogen and oxygen atoms in total. The van der Waals surface area contributed by atoms with Crippen molar-refractivity contribution < 1.29 is 4.74 Å². The van der Waals surface area contributed by atoms with E-state index in [9.17, 15) is 0 Å². The average molecular weight is 375 g/mol. The lowest BCUT2D eigenvalue weighted by Gasteiger charge is -2.08. The quantitative estimate of drug-likeness (QED) is 0.651. The van der Waals surface area contributed by atoms with Gasteiger partial charge in [-0.15, -0.1) is 11.3 Å². The van der Waals surface area contributed by atoms with Crippen molar-refractivity contribution in [2.75, 3.05) is 5.32 Å². The van der Waals surface area contributed by atoms with Gasteiger partial charge < -0.3 is 10.1 Å². The first-order chi connectivity index (χ1) is 10.8. The van der Waals surface area contributed by atoms with Gasteiger partial charge >= 0.3 is 0 Å². The van der Waals surface area contributed by atoms with Crippen LogP contribution in [-0.4, -0.2) is 4.98 Å². The Kier molecular flexibility index (Phi) is 5.08. The lowest BCUT2D eigenvalue weighted by atomic mass is 10.2. The highest BCUT2D eigenvalue weighted by Crippen LogP contribution is 2.17. The van der Waals surface area contributed by atoms with Crippen LogP contribution in [0.25, 0.3) is 0 Å². The number of hydrogen-bond donors (Lipinski definition) is 1. The predicted octanol–water partition coefficient (Wildman–Crippen LogP) is 5.10. The molecule has 0 atom stereocenters. The van der Waals surface area contributed by atoms with E-state index in [0.29, 0.717) is 6.61 Å². The van der Waals surface area contributed by atoms with E-state index in [4.69, 9.17) is 4.74 Å². The summed E-state index contributed by atoms with van der Waals surface area (Å²) in [5, 5.41) is 5.39. The summed E-state index contributed by atoms with van der Waals surface area (Å²) < 4.78 is 6.78. The number of ether oxygens (including phenoxy) is 1. The van der Waals surface area contributed by atoms with Crippen molar-refractivity contribution in [2.45, 2.75) is 13.2 Å². The molecule has 0 spiro atoms. The molecule has 2 aromatic carbocycles. The zero-order valence-electron chi connectivity index (χ0n) is 11.8. The number of nitrogens with one attached hydrogen (secondary N) is 1. The second-order valence-electron chi connectivity index (χ2n) is 4.77. The lowest BCUT2D eigenvalue weighted by molar-refractivity contribution is 0.302. The van der Waals surface area contributed by atoms with Crippen LogP contribution in [0.15, 0.2) is 63.9 Å². The first-order valence-electron chi connectivity index (χ1n) is 6.88. The summed E-state index contributed by atoms with van der Waals surface area (Å²) in [6.07, 6.45) is 0. The zero-order valence-corrected chi connectivity index (χ0v) is 14.2. The van der Waals surface area contributed by atoms with Gasteiger partial charge in [-0.25, -0.2) is 4.98 Å². The van der Waals surface area contributed by atoms with Crippen LogP contribution < -0.4 is 10.1 Å². The maximum absolute atomic E-state index is 5.70. The number of benzene rings is 2. The maximum Gasteiger partial charge on any atom is 0.131 e. The third-order valence-electron chi connectivity index (χ3n) is 3.13. The van der Waals surface area contributed by atoms with Crippen molar-refractivity contribution in [1.29, 1.82) is 0 Å². The summed E-state index contributed by atoms with van der Waals surface area (Å²) in [6, 6.07) is 16.3. The van der Waals surface area contributed by atoms with Crippen molar-refractivity contribution in [3.05, 3.63) is 75.2 Å². The standard InChI is InChI=1S/C17H15BrN2OS/c18-14-3-5-15(6-4-14)19-9-13-1-7-17(8-2-13)21-10-16-11-22-12-20-16/h1-8,11-12,19H,9-10H2. The highest BCUT2D eigenvalue weighted by molar-refractivity contribution is 9.10. The molecule has 0 saturated carbocycles. The van der Waals surface area contributed by atoms with Crippen LogP contribution >= 0.6 is 27.3 Å². The molecule has 0 radical (unpaired) electrons. The fraction of sp³-hybridized carbons (Fsp3) is 0.118. The third-order valence-corrected chi connectivity index (χ3v) is 4.30. The Morgan fingerprint density at radius 2 is 1.82 bits per heavy atom. The molecule has 3 rings (SSSR count). The smallest absolute Gasteiger partial charge is 0.131 e. The Morgan fingerprint density at radius 1 is 1.05 bits per heavy atom. The molecule has 0 fully saturated rings. The van der Waals surface area contributed by atoms with Gasteiger partial charge in [-0.3, -0.25) is 0 Å². The zero-order chi connectivity index (χ0) is 15.2. The van der Waals surface area contributed by atoms with Gasteiger partial charge in [-0.05, 0) is 42.0 Å². The first-order valence-corrected chi connectivity index (χ1v) is 8.61. The van der Waals surface area contributed by atoms with Gasteiger partial charge in [0.25, 0.3) is 0 Å². The molecule has 5 heteroatoms. The second-order valence-corrected chi connectivity index (χ2v) is 6.41. The molecule has 0 bridgehead atoms. The van der Waals surface area contributed by atoms with Crippen molar-refractivity contribution in [2.24, 2.45) is 0 Å². The van der Waals surface area contributed by atoms with E-state index in [1.165, 1.54) is 5.56 Å². The summed E-state index contributed by atoms with van der Waals surface area (Å²) in [4.78, 5) is 4.20. The SMILES string of the molecule is Brc1ccc(NCc2ccc(OCc3cscn3)cc2)cc1. The van der Waals surface area contributed by atoms with Crippen molar-refractivity contribution in [3.8, 4) is 5.75 Å². The minimum Gasteiger partial charge on any atom is -0.487 e. The third kappa shape index (κ3) is 4.32. The molecular formula is C17H15BrN2OS. The Hall–Kier alpha value is -1.85. The highest BCUT2D eigenvalue weighted by Gasteiger charge is 1.99. The van der Waals surface area contributed by atoms with E-state index in [0.717, 1.165) is 28.1 Å². The molecule has 0 amide bonds. The largest absolute Gasteiger partial charge is 0.487 e. The normalized spacial score (nSPS) is 10.4. The monoisotopic (exact) mass is 374 g/mol. The van der Waals surface area contributed by atoms with Crippen molar-refractivity contribution >= 4 is 33.0 Å². The highest BCUT2D eigenvalue weighted by atomic mass is 79.9. The minimum absolute atomic E-state index is 0.514. The first kappa shape index (κ1) is 15.1. The van der Waals surface area contributed by atoms with Gasteiger partial charge in [0, 0.05) is 22.1 Å². The fourth-order valence-corrected chi connectivity index (χ4v) is 2.75. The summed E-state index contributed by atoms with van der Waals surface area (Å²) >= 11 is 5.01. The van der Waals surface area contributed by atoms with E-state index < -0.39 is 0 Å². The summed E-state index contributed by atoms with van der Waals surface area (Å²) in [7, 11) is 0. The lowest BCUT2D eigenvalue weighted by Crippen LogP contribution is -1.99. The van der Waals surface area contributed by atoms with Crippen molar-refractivity contribution in [3.63, 3.8) is 0 Å². The molecule has 3 aromatic rings. The van der Waals surface area contributed by atoms with Gasteiger partial charge in [0.2, 0.25) is 0 Å². The molecule has 0 aliphatic rings. The fourth-order valence-electron chi connectivity index (χ4n) is 1.94. The predicted molar refractivity (Wildman–Crippen MR) is 94.4 cm³/mol. The van der Waals surface area contributed by atoms with Crippen LogP contribution in [0.1, 0.15) is 11.3 Å². The van der Waals surface area contributed by atoms with E-state index in [2.05, 4.69) is 50.5 Å². The molecule has 0 aliphatic heterocycles. The molecule has 0 aliphatic carbocycles. The topological polar surface area (TPSA) is 34.1 Å². The van der Waals surface area contributed by atoms with Crippen molar-refractivity contribution in [1.82, 2.24) is 4.98 Å². The number of rotatable bonds is 6. The van der Waals surface area contributed by atoms with Gasteiger partial charge in [-0.2, -0.15) is 0 Å².